The first-order valence-corrected chi connectivity index (χ1v) is 3.17. The Kier molecular flexibility index (Phi) is 2.50. The molecule has 0 spiro atoms. The van der Waals surface area contributed by atoms with E-state index in [1.165, 1.54) is 0 Å². The van der Waals surface area contributed by atoms with Gasteiger partial charge in [-0.25, -0.2) is 0 Å². The SMILES string of the molecule is [CH2]C(=S)C(=O)C(C)(C)C. The van der Waals surface area contributed by atoms with Gasteiger partial charge in [0.1, 0.15) is 0 Å². The normalized spacial score (nSPS) is 11.1. The average Bonchev–Trinajstić information content (AvgIpc) is 1.62. The third-order valence-electron chi connectivity index (χ3n) is 0.934. The molecule has 0 aromatic carbocycles. The van der Waals surface area contributed by atoms with Gasteiger partial charge in [0.15, 0.2) is 5.78 Å². The van der Waals surface area contributed by atoms with Crippen LogP contribution in [0.15, 0.2) is 0 Å². The highest BCUT2D eigenvalue weighted by Gasteiger charge is 2.21. The first-order chi connectivity index (χ1) is 3.85. The Morgan fingerprint density at radius 3 is 1.78 bits per heavy atom. The highest BCUT2D eigenvalue weighted by molar-refractivity contribution is 7.82. The van der Waals surface area contributed by atoms with Crippen LogP contribution in [0.2, 0.25) is 0 Å². The van der Waals surface area contributed by atoms with Crippen molar-refractivity contribution in [1.29, 1.82) is 0 Å². The predicted molar refractivity (Wildman–Crippen MR) is 42.4 cm³/mol. The molecule has 0 atom stereocenters. The zero-order valence-corrected chi connectivity index (χ0v) is 6.84. The maximum atomic E-state index is 11.0. The minimum absolute atomic E-state index is 0.0440. The molecule has 0 saturated heterocycles. The summed E-state index contributed by atoms with van der Waals surface area (Å²) in [4.78, 5) is 11.2. The Bertz CT molecular complexity index is 141. The van der Waals surface area contributed by atoms with Gasteiger partial charge >= 0.3 is 0 Å². The Morgan fingerprint density at radius 2 is 1.78 bits per heavy atom. The zero-order chi connectivity index (χ0) is 7.65. The summed E-state index contributed by atoms with van der Waals surface area (Å²) in [7, 11) is 0. The van der Waals surface area contributed by atoms with Crippen molar-refractivity contribution in [2.45, 2.75) is 20.8 Å². The van der Waals surface area contributed by atoms with E-state index in [0.717, 1.165) is 0 Å². The minimum atomic E-state index is -0.362. The smallest absolute Gasteiger partial charge is 0.174 e. The van der Waals surface area contributed by atoms with Crippen LogP contribution in [0, 0.1) is 12.3 Å². The predicted octanol–water partition coefficient (Wildman–Crippen LogP) is 1.81. The van der Waals surface area contributed by atoms with Crippen LogP contribution >= 0.6 is 12.2 Å². The number of carbonyl (C=O) groups is 1. The highest BCUT2D eigenvalue weighted by Crippen LogP contribution is 2.14. The number of ketones is 1. The number of thiocarbonyl (C=S) groups is 1. The molecule has 0 rings (SSSR count). The number of rotatable bonds is 1. The van der Waals surface area contributed by atoms with E-state index >= 15 is 0 Å². The first-order valence-electron chi connectivity index (χ1n) is 2.76. The van der Waals surface area contributed by atoms with E-state index in [1.807, 2.05) is 20.8 Å². The van der Waals surface area contributed by atoms with E-state index < -0.39 is 0 Å². The molecule has 0 heterocycles. The molecule has 0 amide bonds. The third-order valence-corrected chi connectivity index (χ3v) is 1.12. The topological polar surface area (TPSA) is 17.1 Å². The molecule has 0 aliphatic carbocycles. The minimum Gasteiger partial charge on any atom is -0.293 e. The van der Waals surface area contributed by atoms with Crippen LogP contribution in [0.5, 0.6) is 0 Å². The standard InChI is InChI=1S/C7H11OS/c1-5(9)6(8)7(2,3)4/h1H2,2-4H3. The van der Waals surface area contributed by atoms with Crippen LogP contribution < -0.4 is 0 Å². The van der Waals surface area contributed by atoms with E-state index in [1.54, 1.807) is 0 Å². The van der Waals surface area contributed by atoms with Gasteiger partial charge in [0.05, 0.1) is 4.86 Å². The number of hydrogen-bond donors (Lipinski definition) is 0. The molecule has 1 radical (unpaired) electrons. The third kappa shape index (κ3) is 2.70. The summed E-state index contributed by atoms with van der Waals surface area (Å²) in [5, 5.41) is 0. The van der Waals surface area contributed by atoms with Crippen LogP contribution in [-0.4, -0.2) is 10.6 Å². The number of Topliss-reactive ketones (excluding diaryl/α,β-unsaturated/α-hetero) is 1. The summed E-state index contributed by atoms with van der Waals surface area (Å²) in [6.07, 6.45) is 0. The fourth-order valence-corrected chi connectivity index (χ4v) is 0.724. The van der Waals surface area contributed by atoms with Gasteiger partial charge in [-0.15, -0.1) is 0 Å². The quantitative estimate of drug-likeness (QED) is 0.521. The molecule has 2 heteroatoms. The fraction of sp³-hybridized carbons (Fsp3) is 0.571. The summed E-state index contributed by atoms with van der Waals surface area (Å²) in [5.41, 5.74) is -0.362. The van der Waals surface area contributed by atoms with Crippen molar-refractivity contribution in [1.82, 2.24) is 0 Å². The van der Waals surface area contributed by atoms with Gasteiger partial charge in [-0.1, -0.05) is 33.0 Å². The molecule has 0 unspecified atom stereocenters. The molecule has 0 aliphatic heterocycles. The molecule has 0 saturated carbocycles. The number of carbonyl (C=O) groups excluding carboxylic acids is 1. The van der Waals surface area contributed by atoms with Crippen LogP contribution in [0.1, 0.15) is 20.8 Å². The van der Waals surface area contributed by atoms with Gasteiger partial charge < -0.3 is 0 Å². The van der Waals surface area contributed by atoms with E-state index in [0.29, 0.717) is 0 Å². The largest absolute Gasteiger partial charge is 0.293 e. The Hall–Kier alpha value is -0.240. The molecular formula is C7H11OS. The van der Waals surface area contributed by atoms with Gasteiger partial charge in [0.25, 0.3) is 0 Å². The Morgan fingerprint density at radius 1 is 1.44 bits per heavy atom. The molecular weight excluding hydrogens is 132 g/mol. The molecule has 1 nitrogen and oxygen atoms in total. The zero-order valence-electron chi connectivity index (χ0n) is 6.02. The first kappa shape index (κ1) is 8.76. The van der Waals surface area contributed by atoms with Crippen LogP contribution in [-0.2, 0) is 4.79 Å². The van der Waals surface area contributed by atoms with Crippen LogP contribution in [0.4, 0.5) is 0 Å². The maximum absolute atomic E-state index is 11.0. The van der Waals surface area contributed by atoms with Crippen molar-refractivity contribution < 1.29 is 4.79 Å². The maximum Gasteiger partial charge on any atom is 0.174 e. The molecule has 9 heavy (non-hydrogen) atoms. The molecule has 51 valence electrons. The van der Waals surface area contributed by atoms with Gasteiger partial charge in [-0.2, -0.15) is 0 Å². The summed E-state index contributed by atoms with van der Waals surface area (Å²) < 4.78 is 0. The van der Waals surface area contributed by atoms with Crippen molar-refractivity contribution in [2.24, 2.45) is 5.41 Å². The molecule has 0 aromatic heterocycles. The lowest BCUT2D eigenvalue weighted by Crippen LogP contribution is -2.25. The Balaban J connectivity index is 4.23. The average molecular weight is 143 g/mol. The van der Waals surface area contributed by atoms with Crippen molar-refractivity contribution in [3.8, 4) is 0 Å². The van der Waals surface area contributed by atoms with Gasteiger partial charge in [0.2, 0.25) is 0 Å². The van der Waals surface area contributed by atoms with E-state index in [9.17, 15) is 4.79 Å². The fourth-order valence-electron chi connectivity index (χ4n) is 0.418. The van der Waals surface area contributed by atoms with Gasteiger partial charge in [-0.05, 0) is 6.92 Å². The van der Waals surface area contributed by atoms with Crippen molar-refractivity contribution in [2.75, 3.05) is 0 Å². The van der Waals surface area contributed by atoms with E-state index in [-0.39, 0.29) is 16.1 Å². The summed E-state index contributed by atoms with van der Waals surface area (Å²) >= 11 is 4.61. The Labute approximate surface area is 61.4 Å². The second kappa shape index (κ2) is 2.56. The van der Waals surface area contributed by atoms with E-state index in [4.69, 9.17) is 0 Å². The summed E-state index contributed by atoms with van der Waals surface area (Å²) in [6.45, 7) is 8.87. The lowest BCUT2D eigenvalue weighted by Gasteiger charge is -2.14. The second-order valence-corrected chi connectivity index (χ2v) is 3.50. The van der Waals surface area contributed by atoms with Crippen molar-refractivity contribution in [3.63, 3.8) is 0 Å². The van der Waals surface area contributed by atoms with Gasteiger partial charge in [0, 0.05) is 5.41 Å². The summed E-state index contributed by atoms with van der Waals surface area (Å²) in [5.74, 6) is -0.0440. The lowest BCUT2D eigenvalue weighted by molar-refractivity contribution is -0.119. The van der Waals surface area contributed by atoms with E-state index in [2.05, 4.69) is 19.1 Å². The lowest BCUT2D eigenvalue weighted by atomic mass is 9.89. The number of hydrogen-bond acceptors (Lipinski definition) is 2. The summed E-state index contributed by atoms with van der Waals surface area (Å²) in [6, 6.07) is 0. The molecule has 0 bridgehead atoms. The monoisotopic (exact) mass is 143 g/mol. The van der Waals surface area contributed by atoms with Crippen molar-refractivity contribution in [3.05, 3.63) is 6.92 Å². The second-order valence-electron chi connectivity index (χ2n) is 3.00. The molecule has 0 aromatic rings. The van der Waals surface area contributed by atoms with Gasteiger partial charge in [-0.3, -0.25) is 4.79 Å². The van der Waals surface area contributed by atoms with Crippen LogP contribution in [0.3, 0.4) is 0 Å². The molecule has 0 N–H and O–H groups in total. The van der Waals surface area contributed by atoms with Crippen molar-refractivity contribution >= 4 is 22.9 Å². The molecule has 0 fully saturated rings. The van der Waals surface area contributed by atoms with Crippen LogP contribution in [0.25, 0.3) is 0 Å². The molecule has 0 aliphatic rings. The highest BCUT2D eigenvalue weighted by atomic mass is 32.1.